The Bertz CT molecular complexity index is 1170. The molecule has 1 N–H and O–H groups in total. The standard InChI is InChI=1S/C26H30FN3O4/c1-7-11-28-23(8-2)29-24(31)16-12-21(19-15-26(3,4)34-22(19)13-16)33-17-9-10-18(20(27)14-17)25(32)30(5)6/h7,9-14H,8,15H2,1-6H3,(H,28,29,31)/b11-7+. The Morgan fingerprint density at radius 3 is 2.62 bits per heavy atom. The van der Waals surface area contributed by atoms with Crippen LogP contribution in [0.25, 0.3) is 0 Å². The van der Waals surface area contributed by atoms with Crippen molar-refractivity contribution in [3.8, 4) is 17.2 Å². The number of fused-ring (bicyclic) bond motifs is 1. The molecule has 0 radical (unpaired) electrons. The highest BCUT2D eigenvalue weighted by atomic mass is 19.1. The first-order chi connectivity index (χ1) is 16.0. The summed E-state index contributed by atoms with van der Waals surface area (Å²) in [5.41, 5.74) is 0.583. The van der Waals surface area contributed by atoms with Crippen LogP contribution in [0.4, 0.5) is 4.39 Å². The van der Waals surface area contributed by atoms with Crippen LogP contribution in [0.15, 0.2) is 47.6 Å². The minimum absolute atomic E-state index is 0.0484. The van der Waals surface area contributed by atoms with Gasteiger partial charge >= 0.3 is 0 Å². The van der Waals surface area contributed by atoms with E-state index in [9.17, 15) is 14.0 Å². The monoisotopic (exact) mass is 467 g/mol. The van der Waals surface area contributed by atoms with Crippen molar-refractivity contribution in [2.45, 2.75) is 46.1 Å². The van der Waals surface area contributed by atoms with Crippen molar-refractivity contribution in [2.75, 3.05) is 14.1 Å². The van der Waals surface area contributed by atoms with Gasteiger partial charge in [0, 0.05) is 50.3 Å². The normalized spacial score (nSPS) is 14.5. The Balaban J connectivity index is 1.96. The molecule has 0 aliphatic carbocycles. The fraction of sp³-hybridized carbons (Fsp3) is 0.346. The second kappa shape index (κ2) is 10.1. The number of nitrogens with zero attached hydrogens (tertiary/aromatic N) is 2. The lowest BCUT2D eigenvalue weighted by Gasteiger charge is -2.16. The molecule has 0 unspecified atom stereocenters. The molecule has 180 valence electrons. The number of allylic oxidation sites excluding steroid dienone is 1. The number of rotatable bonds is 6. The van der Waals surface area contributed by atoms with Crippen molar-refractivity contribution < 1.29 is 23.5 Å². The number of aliphatic imine (C=N–C) groups is 1. The van der Waals surface area contributed by atoms with Crippen LogP contribution in [0.2, 0.25) is 0 Å². The topological polar surface area (TPSA) is 80.2 Å². The lowest BCUT2D eigenvalue weighted by Crippen LogP contribution is -2.29. The number of hydrogen-bond donors (Lipinski definition) is 1. The average Bonchev–Trinajstić information content (AvgIpc) is 3.10. The van der Waals surface area contributed by atoms with Gasteiger partial charge in [0.25, 0.3) is 11.8 Å². The largest absolute Gasteiger partial charge is 0.487 e. The molecule has 3 rings (SSSR count). The van der Waals surface area contributed by atoms with E-state index in [-0.39, 0.29) is 17.2 Å². The lowest BCUT2D eigenvalue weighted by molar-refractivity contribution is 0.0822. The zero-order valence-electron chi connectivity index (χ0n) is 20.4. The quantitative estimate of drug-likeness (QED) is 0.473. The Morgan fingerprint density at radius 1 is 1.26 bits per heavy atom. The van der Waals surface area contributed by atoms with Crippen molar-refractivity contribution >= 4 is 17.6 Å². The first-order valence-corrected chi connectivity index (χ1v) is 11.1. The molecule has 0 saturated heterocycles. The second-order valence-electron chi connectivity index (χ2n) is 8.80. The van der Waals surface area contributed by atoms with E-state index in [2.05, 4.69) is 10.3 Å². The molecule has 0 fully saturated rings. The number of hydrogen-bond acceptors (Lipinski definition) is 5. The van der Waals surface area contributed by atoms with Crippen molar-refractivity contribution in [3.05, 3.63) is 65.1 Å². The molecule has 2 aromatic rings. The van der Waals surface area contributed by atoms with E-state index in [4.69, 9.17) is 9.47 Å². The fourth-order valence-corrected chi connectivity index (χ4v) is 3.55. The zero-order valence-corrected chi connectivity index (χ0v) is 20.4. The second-order valence-corrected chi connectivity index (χ2v) is 8.80. The summed E-state index contributed by atoms with van der Waals surface area (Å²) in [6, 6.07) is 7.36. The summed E-state index contributed by atoms with van der Waals surface area (Å²) in [6.45, 7) is 7.62. The van der Waals surface area contributed by atoms with Gasteiger partial charge in [-0.25, -0.2) is 9.38 Å². The molecule has 2 amide bonds. The van der Waals surface area contributed by atoms with Crippen LogP contribution in [0, 0.1) is 5.82 Å². The van der Waals surface area contributed by atoms with Crippen molar-refractivity contribution in [1.29, 1.82) is 0 Å². The Kier molecular flexibility index (Phi) is 7.39. The molecule has 7 nitrogen and oxygen atoms in total. The number of amides is 2. The molecule has 34 heavy (non-hydrogen) atoms. The van der Waals surface area contributed by atoms with Gasteiger partial charge in [-0.15, -0.1) is 0 Å². The van der Waals surface area contributed by atoms with Crippen LogP contribution in [-0.4, -0.2) is 42.2 Å². The molecule has 0 spiro atoms. The smallest absolute Gasteiger partial charge is 0.256 e. The predicted octanol–water partition coefficient (Wildman–Crippen LogP) is 5.11. The summed E-state index contributed by atoms with van der Waals surface area (Å²) in [5, 5.41) is 2.81. The van der Waals surface area contributed by atoms with Gasteiger partial charge in [0.15, 0.2) is 0 Å². The summed E-state index contributed by atoms with van der Waals surface area (Å²) >= 11 is 0. The molecule has 1 heterocycles. The predicted molar refractivity (Wildman–Crippen MR) is 129 cm³/mol. The van der Waals surface area contributed by atoms with E-state index in [0.717, 1.165) is 11.6 Å². The number of nitrogens with one attached hydrogen (secondary N) is 1. The number of amidine groups is 1. The Labute approximate surface area is 199 Å². The van der Waals surface area contributed by atoms with E-state index < -0.39 is 17.3 Å². The molecule has 1 aliphatic heterocycles. The van der Waals surface area contributed by atoms with Gasteiger partial charge in [0.1, 0.15) is 34.5 Å². The number of benzene rings is 2. The van der Waals surface area contributed by atoms with Gasteiger partial charge in [-0.1, -0.05) is 13.0 Å². The van der Waals surface area contributed by atoms with Crippen LogP contribution in [0.1, 0.15) is 60.4 Å². The third-order valence-electron chi connectivity index (χ3n) is 5.20. The summed E-state index contributed by atoms with van der Waals surface area (Å²) in [6.07, 6.45) is 4.49. The van der Waals surface area contributed by atoms with Crippen LogP contribution >= 0.6 is 0 Å². The molecular formula is C26H30FN3O4. The summed E-state index contributed by atoms with van der Waals surface area (Å²) in [7, 11) is 3.11. The summed E-state index contributed by atoms with van der Waals surface area (Å²) < 4.78 is 26.7. The summed E-state index contributed by atoms with van der Waals surface area (Å²) in [5.74, 6) is 0.177. The van der Waals surface area contributed by atoms with Crippen molar-refractivity contribution in [3.63, 3.8) is 0 Å². The first kappa shape index (κ1) is 25.0. The van der Waals surface area contributed by atoms with Crippen molar-refractivity contribution in [1.82, 2.24) is 10.2 Å². The minimum atomic E-state index is -0.689. The van der Waals surface area contributed by atoms with Crippen LogP contribution < -0.4 is 14.8 Å². The molecule has 0 atom stereocenters. The third kappa shape index (κ3) is 5.62. The average molecular weight is 468 g/mol. The minimum Gasteiger partial charge on any atom is -0.487 e. The van der Waals surface area contributed by atoms with Gasteiger partial charge in [-0.3, -0.25) is 9.59 Å². The lowest BCUT2D eigenvalue weighted by atomic mass is 9.99. The maximum absolute atomic E-state index is 14.6. The molecule has 2 aromatic carbocycles. The molecule has 8 heteroatoms. The maximum Gasteiger partial charge on any atom is 0.256 e. The van der Waals surface area contributed by atoms with Crippen LogP contribution in [0.5, 0.6) is 17.2 Å². The van der Waals surface area contributed by atoms with Crippen LogP contribution in [-0.2, 0) is 6.42 Å². The first-order valence-electron chi connectivity index (χ1n) is 11.1. The zero-order chi connectivity index (χ0) is 25.0. The molecule has 0 bridgehead atoms. The van der Waals surface area contributed by atoms with Gasteiger partial charge < -0.3 is 19.7 Å². The fourth-order valence-electron chi connectivity index (χ4n) is 3.55. The number of carbonyl (C=O) groups excluding carboxylic acids is 2. The Hall–Kier alpha value is -3.68. The SMILES string of the molecule is C/C=C/N=C(CC)NC(=O)c1cc(Oc2ccc(C(=O)N(C)C)c(F)c2)c2c(c1)OC(C)(C)C2. The van der Waals surface area contributed by atoms with Gasteiger partial charge in [-0.05, 0) is 45.0 Å². The third-order valence-corrected chi connectivity index (χ3v) is 5.20. The molecule has 1 aliphatic rings. The van der Waals surface area contributed by atoms with E-state index in [0.29, 0.717) is 35.7 Å². The van der Waals surface area contributed by atoms with E-state index >= 15 is 0 Å². The maximum atomic E-state index is 14.6. The number of carbonyl (C=O) groups is 2. The van der Waals surface area contributed by atoms with Crippen molar-refractivity contribution in [2.24, 2.45) is 4.99 Å². The van der Waals surface area contributed by atoms with Crippen LogP contribution in [0.3, 0.4) is 0 Å². The summed E-state index contributed by atoms with van der Waals surface area (Å²) in [4.78, 5) is 30.6. The Morgan fingerprint density at radius 2 is 2.00 bits per heavy atom. The van der Waals surface area contributed by atoms with E-state index in [1.807, 2.05) is 27.7 Å². The molecule has 0 saturated carbocycles. The molecule has 0 aromatic heterocycles. The number of ether oxygens (including phenoxy) is 2. The van der Waals surface area contributed by atoms with E-state index in [1.165, 1.54) is 17.0 Å². The number of halogens is 1. The highest BCUT2D eigenvalue weighted by Crippen LogP contribution is 2.43. The van der Waals surface area contributed by atoms with E-state index in [1.54, 1.807) is 38.5 Å². The van der Waals surface area contributed by atoms with Gasteiger partial charge in [-0.2, -0.15) is 0 Å². The molecular weight excluding hydrogens is 437 g/mol. The van der Waals surface area contributed by atoms with Gasteiger partial charge in [0.05, 0.1) is 5.56 Å². The highest BCUT2D eigenvalue weighted by molar-refractivity contribution is 6.07. The highest BCUT2D eigenvalue weighted by Gasteiger charge is 2.34. The van der Waals surface area contributed by atoms with Gasteiger partial charge in [0.2, 0.25) is 0 Å².